The van der Waals surface area contributed by atoms with E-state index in [1.165, 1.54) is 15.6 Å². The van der Waals surface area contributed by atoms with Gasteiger partial charge in [-0.15, -0.1) is 11.3 Å². The number of benzene rings is 1. The van der Waals surface area contributed by atoms with Gasteiger partial charge in [0.15, 0.2) is 0 Å². The van der Waals surface area contributed by atoms with Crippen LogP contribution in [0.15, 0.2) is 34.5 Å². The van der Waals surface area contributed by atoms with Gasteiger partial charge in [0, 0.05) is 36.6 Å². The van der Waals surface area contributed by atoms with Crippen molar-refractivity contribution in [1.29, 1.82) is 0 Å². The van der Waals surface area contributed by atoms with Crippen molar-refractivity contribution in [2.75, 3.05) is 32.7 Å². The highest BCUT2D eigenvalue weighted by Crippen LogP contribution is 2.25. The molecule has 3 rings (SSSR count). The van der Waals surface area contributed by atoms with Gasteiger partial charge >= 0.3 is 0 Å². The molecule has 1 aromatic heterocycles. The molecule has 9 heteroatoms. The van der Waals surface area contributed by atoms with Crippen LogP contribution in [0.1, 0.15) is 26.4 Å². The first kappa shape index (κ1) is 21.5. The number of hydrogen-bond donors (Lipinski definition) is 1. The lowest BCUT2D eigenvalue weighted by molar-refractivity contribution is -0.131. The Bertz CT molecular complexity index is 1020. The summed E-state index contributed by atoms with van der Waals surface area (Å²) in [6.45, 7) is 6.77. The predicted octanol–water partition coefficient (Wildman–Crippen LogP) is 1.94. The molecule has 156 valence electrons. The number of aryl methyl sites for hydroxylation is 3. The fourth-order valence-electron chi connectivity index (χ4n) is 3.11. The van der Waals surface area contributed by atoms with Crippen LogP contribution in [-0.2, 0) is 14.8 Å². The number of hydrogen-bond acceptors (Lipinski definition) is 5. The molecule has 2 amide bonds. The maximum atomic E-state index is 12.7. The summed E-state index contributed by atoms with van der Waals surface area (Å²) in [5.74, 6) is -0.512. The highest BCUT2D eigenvalue weighted by atomic mass is 32.2. The van der Waals surface area contributed by atoms with E-state index in [1.807, 2.05) is 26.8 Å². The Morgan fingerprint density at radius 3 is 2.28 bits per heavy atom. The zero-order valence-corrected chi connectivity index (χ0v) is 18.4. The van der Waals surface area contributed by atoms with Crippen LogP contribution in [0.25, 0.3) is 0 Å². The lowest BCUT2D eigenvalue weighted by Gasteiger charge is -2.33. The Morgan fingerprint density at radius 2 is 1.69 bits per heavy atom. The van der Waals surface area contributed by atoms with Gasteiger partial charge in [0.1, 0.15) is 4.21 Å². The summed E-state index contributed by atoms with van der Waals surface area (Å²) in [7, 11) is -3.52. The highest BCUT2D eigenvalue weighted by molar-refractivity contribution is 7.91. The molecule has 0 unspecified atom stereocenters. The summed E-state index contributed by atoms with van der Waals surface area (Å²) in [5.41, 5.74) is 2.63. The Morgan fingerprint density at radius 1 is 1.00 bits per heavy atom. The zero-order valence-electron chi connectivity index (χ0n) is 16.8. The molecule has 0 aliphatic carbocycles. The van der Waals surface area contributed by atoms with Crippen molar-refractivity contribution in [2.24, 2.45) is 0 Å². The lowest BCUT2D eigenvalue weighted by atomic mass is 10.1. The summed E-state index contributed by atoms with van der Waals surface area (Å²) in [6, 6.07) is 8.81. The molecule has 1 aliphatic heterocycles. The largest absolute Gasteiger partial charge is 0.343 e. The Balaban J connectivity index is 1.52. The first-order valence-electron chi connectivity index (χ1n) is 9.38. The normalized spacial score (nSPS) is 15.3. The molecule has 1 saturated heterocycles. The van der Waals surface area contributed by atoms with E-state index in [-0.39, 0.29) is 31.4 Å². The third-order valence-electron chi connectivity index (χ3n) is 5.07. The van der Waals surface area contributed by atoms with E-state index in [2.05, 4.69) is 5.32 Å². The van der Waals surface area contributed by atoms with Gasteiger partial charge in [-0.1, -0.05) is 6.07 Å². The number of thiophene rings is 1. The Hall–Kier alpha value is -2.23. The fraction of sp³-hybridized carbons (Fsp3) is 0.400. The van der Waals surface area contributed by atoms with Gasteiger partial charge in [0.25, 0.3) is 15.9 Å². The van der Waals surface area contributed by atoms with E-state index < -0.39 is 10.0 Å². The van der Waals surface area contributed by atoms with Crippen molar-refractivity contribution in [3.63, 3.8) is 0 Å². The standard InChI is InChI=1S/C20H25N3O4S2/c1-14-4-6-17(12-15(14)2)20(25)21-13-18(24)22-8-10-23(11-9-22)29(26,27)19-7-5-16(3)28-19/h4-7,12H,8-11,13H2,1-3H3,(H,21,25). The van der Waals surface area contributed by atoms with Gasteiger partial charge in [0.2, 0.25) is 5.91 Å². The summed E-state index contributed by atoms with van der Waals surface area (Å²) >= 11 is 1.25. The third-order valence-corrected chi connectivity index (χ3v) is 8.44. The molecular formula is C20H25N3O4S2. The molecule has 7 nitrogen and oxygen atoms in total. The van der Waals surface area contributed by atoms with E-state index in [0.29, 0.717) is 22.9 Å². The maximum Gasteiger partial charge on any atom is 0.252 e. The van der Waals surface area contributed by atoms with Crippen molar-refractivity contribution < 1.29 is 18.0 Å². The van der Waals surface area contributed by atoms with Gasteiger partial charge in [-0.05, 0) is 56.2 Å². The Labute approximate surface area is 175 Å². The van der Waals surface area contributed by atoms with Gasteiger partial charge in [0.05, 0.1) is 6.54 Å². The van der Waals surface area contributed by atoms with Gasteiger partial charge in [-0.2, -0.15) is 4.31 Å². The van der Waals surface area contributed by atoms with Crippen molar-refractivity contribution in [3.8, 4) is 0 Å². The second kappa shape index (κ2) is 8.64. The second-order valence-corrected chi connectivity index (χ2v) is 10.6. The van der Waals surface area contributed by atoms with Crippen molar-refractivity contribution >= 4 is 33.2 Å². The molecule has 2 aromatic rings. The quantitative estimate of drug-likeness (QED) is 0.778. The van der Waals surface area contributed by atoms with Gasteiger partial charge in [-0.25, -0.2) is 8.42 Å². The van der Waals surface area contributed by atoms with Crippen LogP contribution in [0.5, 0.6) is 0 Å². The van der Waals surface area contributed by atoms with Crippen molar-refractivity contribution in [2.45, 2.75) is 25.0 Å². The molecule has 0 bridgehead atoms. The van der Waals surface area contributed by atoms with Crippen LogP contribution in [0.2, 0.25) is 0 Å². The molecule has 29 heavy (non-hydrogen) atoms. The number of rotatable bonds is 5. The molecule has 1 N–H and O–H groups in total. The lowest BCUT2D eigenvalue weighted by Crippen LogP contribution is -2.52. The number of nitrogens with zero attached hydrogens (tertiary/aromatic N) is 2. The van der Waals surface area contributed by atoms with Crippen LogP contribution in [0, 0.1) is 20.8 Å². The first-order valence-corrected chi connectivity index (χ1v) is 11.6. The van der Waals surface area contributed by atoms with E-state index in [1.54, 1.807) is 29.2 Å². The fourth-order valence-corrected chi connectivity index (χ4v) is 5.97. The number of amides is 2. The van der Waals surface area contributed by atoms with Crippen molar-refractivity contribution in [3.05, 3.63) is 51.9 Å². The van der Waals surface area contributed by atoms with E-state index in [0.717, 1.165) is 16.0 Å². The molecule has 2 heterocycles. The van der Waals surface area contributed by atoms with Gasteiger partial charge < -0.3 is 10.2 Å². The highest BCUT2D eigenvalue weighted by Gasteiger charge is 2.31. The zero-order chi connectivity index (χ0) is 21.2. The SMILES string of the molecule is Cc1ccc(S(=O)(=O)N2CCN(C(=O)CNC(=O)c3ccc(C)c(C)c3)CC2)s1. The number of carbonyl (C=O) groups excluding carboxylic acids is 2. The monoisotopic (exact) mass is 435 g/mol. The average molecular weight is 436 g/mol. The van der Waals surface area contributed by atoms with Gasteiger partial charge in [-0.3, -0.25) is 9.59 Å². The number of nitrogens with one attached hydrogen (secondary N) is 1. The van der Waals surface area contributed by atoms with Crippen LogP contribution in [-0.4, -0.2) is 62.2 Å². The van der Waals surface area contributed by atoms with E-state index in [9.17, 15) is 18.0 Å². The summed E-state index contributed by atoms with van der Waals surface area (Å²) < 4.78 is 27.1. The Kier molecular flexibility index (Phi) is 6.40. The van der Waals surface area contributed by atoms with Crippen LogP contribution < -0.4 is 5.32 Å². The molecule has 1 aromatic carbocycles. The topological polar surface area (TPSA) is 86.8 Å². The second-order valence-electron chi connectivity index (χ2n) is 7.13. The molecular weight excluding hydrogens is 410 g/mol. The van der Waals surface area contributed by atoms with Crippen LogP contribution in [0.3, 0.4) is 0 Å². The maximum absolute atomic E-state index is 12.7. The van der Waals surface area contributed by atoms with Crippen molar-refractivity contribution in [1.82, 2.24) is 14.5 Å². The molecule has 1 aliphatic rings. The summed E-state index contributed by atoms with van der Waals surface area (Å²) in [5, 5.41) is 2.65. The van der Waals surface area contributed by atoms with Crippen LogP contribution >= 0.6 is 11.3 Å². The number of sulfonamides is 1. The average Bonchev–Trinajstić information content (AvgIpc) is 3.15. The number of carbonyl (C=O) groups is 2. The van der Waals surface area contributed by atoms with Crippen LogP contribution in [0.4, 0.5) is 0 Å². The minimum Gasteiger partial charge on any atom is -0.343 e. The summed E-state index contributed by atoms with van der Waals surface area (Å²) in [6.07, 6.45) is 0. The van der Waals surface area contributed by atoms with E-state index in [4.69, 9.17) is 0 Å². The predicted molar refractivity (Wildman–Crippen MR) is 113 cm³/mol. The molecule has 0 radical (unpaired) electrons. The van der Waals surface area contributed by atoms with E-state index >= 15 is 0 Å². The summed E-state index contributed by atoms with van der Waals surface area (Å²) in [4.78, 5) is 27.2. The first-order chi connectivity index (χ1) is 13.7. The molecule has 1 fully saturated rings. The smallest absolute Gasteiger partial charge is 0.252 e. The molecule has 0 saturated carbocycles. The minimum absolute atomic E-state index is 0.109. The molecule has 0 atom stereocenters. The number of piperazine rings is 1. The minimum atomic E-state index is -3.52. The molecule has 0 spiro atoms. The third kappa shape index (κ3) is 4.85.